The number of aromatic nitrogens is 1. The molecule has 1 unspecified atom stereocenters. The molecule has 4 nitrogen and oxygen atoms in total. The predicted octanol–water partition coefficient (Wildman–Crippen LogP) is 7.28. The molecule has 4 rings (SSSR count). The Morgan fingerprint density at radius 3 is 2.14 bits per heavy atom. The molecule has 186 valence electrons. The highest BCUT2D eigenvalue weighted by molar-refractivity contribution is 6.03. The summed E-state index contributed by atoms with van der Waals surface area (Å²) in [5.41, 5.74) is 6.42. The van der Waals surface area contributed by atoms with Gasteiger partial charge in [0.15, 0.2) is 0 Å². The van der Waals surface area contributed by atoms with E-state index in [4.69, 9.17) is 5.11 Å². The molecule has 1 aromatic heterocycles. The maximum absolute atomic E-state index is 13.4. The standard InChI is InChI=1S/C32H35NO3/c1-22(2)19-24-11-15-26(16-12-24)23(3)20-25-13-17-27(18-14-25)32(36)33-21-28(7-6-10-31(34)35)29-8-4-5-9-30(29)33/h4-5,8-9,11-18,21-23H,6-7,10,19-20H2,1-3H3,(H,34,35). The van der Waals surface area contributed by atoms with Crippen molar-refractivity contribution in [3.05, 3.63) is 107 Å². The molecule has 36 heavy (non-hydrogen) atoms. The second-order valence-electron chi connectivity index (χ2n) is 10.2. The van der Waals surface area contributed by atoms with E-state index >= 15 is 0 Å². The molecule has 4 aromatic rings. The van der Waals surface area contributed by atoms with E-state index in [0.29, 0.717) is 30.2 Å². The maximum atomic E-state index is 13.4. The van der Waals surface area contributed by atoms with Crippen molar-refractivity contribution < 1.29 is 14.7 Å². The van der Waals surface area contributed by atoms with Crippen LogP contribution in [-0.4, -0.2) is 21.6 Å². The van der Waals surface area contributed by atoms with Crippen LogP contribution in [0.25, 0.3) is 10.9 Å². The Balaban J connectivity index is 1.47. The van der Waals surface area contributed by atoms with Crippen LogP contribution in [0.15, 0.2) is 79.0 Å². The molecule has 0 amide bonds. The first-order valence-electron chi connectivity index (χ1n) is 12.8. The fourth-order valence-electron chi connectivity index (χ4n) is 4.90. The molecule has 0 fully saturated rings. The molecule has 0 bridgehead atoms. The minimum absolute atomic E-state index is 0.0731. The van der Waals surface area contributed by atoms with Gasteiger partial charge in [0.2, 0.25) is 0 Å². The molecule has 0 spiro atoms. The molecule has 0 saturated heterocycles. The highest BCUT2D eigenvalue weighted by Gasteiger charge is 2.16. The van der Waals surface area contributed by atoms with Crippen LogP contribution in [0.3, 0.4) is 0 Å². The van der Waals surface area contributed by atoms with Crippen molar-refractivity contribution in [2.24, 2.45) is 5.92 Å². The molecule has 0 saturated carbocycles. The monoisotopic (exact) mass is 481 g/mol. The van der Waals surface area contributed by atoms with E-state index in [-0.39, 0.29) is 12.3 Å². The van der Waals surface area contributed by atoms with Crippen molar-refractivity contribution in [3.8, 4) is 0 Å². The summed E-state index contributed by atoms with van der Waals surface area (Å²) in [7, 11) is 0. The van der Waals surface area contributed by atoms with Gasteiger partial charge in [0.05, 0.1) is 5.52 Å². The summed E-state index contributed by atoms with van der Waals surface area (Å²) >= 11 is 0. The van der Waals surface area contributed by atoms with Crippen LogP contribution in [-0.2, 0) is 24.1 Å². The maximum Gasteiger partial charge on any atom is 0.303 e. The Labute approximate surface area is 213 Å². The van der Waals surface area contributed by atoms with Crippen molar-refractivity contribution in [1.82, 2.24) is 4.57 Å². The second-order valence-corrected chi connectivity index (χ2v) is 10.2. The number of carbonyl (C=O) groups is 2. The number of hydrogen-bond donors (Lipinski definition) is 1. The first-order chi connectivity index (χ1) is 17.3. The van der Waals surface area contributed by atoms with E-state index < -0.39 is 5.97 Å². The summed E-state index contributed by atoms with van der Waals surface area (Å²) in [4.78, 5) is 24.3. The molecule has 0 aliphatic heterocycles. The number of benzene rings is 3. The fraction of sp³-hybridized carbons (Fsp3) is 0.312. The zero-order valence-electron chi connectivity index (χ0n) is 21.4. The second kappa shape index (κ2) is 11.4. The first-order valence-corrected chi connectivity index (χ1v) is 12.8. The smallest absolute Gasteiger partial charge is 0.303 e. The van der Waals surface area contributed by atoms with E-state index in [2.05, 4.69) is 57.2 Å². The van der Waals surface area contributed by atoms with Crippen molar-refractivity contribution in [2.45, 2.75) is 58.8 Å². The van der Waals surface area contributed by atoms with Crippen LogP contribution < -0.4 is 0 Å². The molecule has 3 aromatic carbocycles. The van der Waals surface area contributed by atoms with Gasteiger partial charge in [0.25, 0.3) is 5.91 Å². The van der Waals surface area contributed by atoms with Crippen LogP contribution in [0.2, 0.25) is 0 Å². The number of aliphatic carboxylic acids is 1. The molecule has 0 aliphatic carbocycles. The van der Waals surface area contributed by atoms with Gasteiger partial charge < -0.3 is 5.11 Å². The van der Waals surface area contributed by atoms with Crippen molar-refractivity contribution >= 4 is 22.8 Å². The van der Waals surface area contributed by atoms with E-state index in [1.807, 2.05) is 42.6 Å². The van der Waals surface area contributed by atoms with E-state index in [0.717, 1.165) is 29.3 Å². The summed E-state index contributed by atoms with van der Waals surface area (Å²) in [5.74, 6) is 0.173. The largest absolute Gasteiger partial charge is 0.481 e. The quantitative estimate of drug-likeness (QED) is 0.259. The van der Waals surface area contributed by atoms with Gasteiger partial charge in [-0.15, -0.1) is 0 Å². The summed E-state index contributed by atoms with van der Waals surface area (Å²) < 4.78 is 1.70. The normalized spacial score (nSPS) is 12.2. The molecule has 1 heterocycles. The summed E-state index contributed by atoms with van der Waals surface area (Å²) in [6, 6.07) is 24.7. The highest BCUT2D eigenvalue weighted by atomic mass is 16.4. The van der Waals surface area contributed by atoms with Crippen LogP contribution >= 0.6 is 0 Å². The Bertz CT molecular complexity index is 1330. The molecular formula is C32H35NO3. The highest BCUT2D eigenvalue weighted by Crippen LogP contribution is 2.25. The van der Waals surface area contributed by atoms with Gasteiger partial charge in [-0.1, -0.05) is 75.4 Å². The van der Waals surface area contributed by atoms with Crippen molar-refractivity contribution in [2.75, 3.05) is 0 Å². The lowest BCUT2D eigenvalue weighted by atomic mass is 9.92. The molecule has 4 heteroatoms. The number of carboxylic acids is 1. The Kier molecular flexibility index (Phi) is 8.04. The molecule has 0 aliphatic rings. The van der Waals surface area contributed by atoms with E-state index in [1.54, 1.807) is 4.57 Å². The number of para-hydroxylation sites is 1. The average molecular weight is 482 g/mol. The van der Waals surface area contributed by atoms with Gasteiger partial charge in [-0.3, -0.25) is 14.2 Å². The van der Waals surface area contributed by atoms with E-state index in [1.165, 1.54) is 16.7 Å². The summed E-state index contributed by atoms with van der Waals surface area (Å²) in [6.45, 7) is 6.73. The number of hydrogen-bond acceptors (Lipinski definition) is 2. The number of carbonyl (C=O) groups excluding carboxylic acids is 1. The third kappa shape index (κ3) is 6.12. The van der Waals surface area contributed by atoms with Crippen LogP contribution in [0.4, 0.5) is 0 Å². The number of nitrogens with zero attached hydrogens (tertiary/aromatic N) is 1. The van der Waals surface area contributed by atoms with Crippen LogP contribution in [0.1, 0.15) is 72.1 Å². The average Bonchev–Trinajstić information content (AvgIpc) is 3.22. The van der Waals surface area contributed by atoms with Gasteiger partial charge >= 0.3 is 5.97 Å². The summed E-state index contributed by atoms with van der Waals surface area (Å²) in [6.07, 6.45) is 5.18. The van der Waals surface area contributed by atoms with Gasteiger partial charge in [-0.05, 0) is 78.0 Å². The molecule has 1 N–H and O–H groups in total. The Morgan fingerprint density at radius 2 is 1.47 bits per heavy atom. The van der Waals surface area contributed by atoms with Gasteiger partial charge in [0.1, 0.15) is 0 Å². The van der Waals surface area contributed by atoms with Gasteiger partial charge in [-0.2, -0.15) is 0 Å². The van der Waals surface area contributed by atoms with Crippen molar-refractivity contribution in [3.63, 3.8) is 0 Å². The number of fused-ring (bicyclic) bond motifs is 1. The van der Waals surface area contributed by atoms with Gasteiger partial charge in [0, 0.05) is 23.6 Å². The molecule has 1 atom stereocenters. The Morgan fingerprint density at radius 1 is 0.833 bits per heavy atom. The lowest BCUT2D eigenvalue weighted by Crippen LogP contribution is -2.11. The number of aryl methyl sites for hydroxylation is 1. The number of carboxylic acid groups (broad SMARTS) is 1. The third-order valence-corrected chi connectivity index (χ3v) is 6.79. The Hall–Kier alpha value is -3.66. The lowest BCUT2D eigenvalue weighted by molar-refractivity contribution is -0.137. The molecule has 0 radical (unpaired) electrons. The van der Waals surface area contributed by atoms with Crippen LogP contribution in [0.5, 0.6) is 0 Å². The van der Waals surface area contributed by atoms with Crippen LogP contribution in [0, 0.1) is 5.92 Å². The van der Waals surface area contributed by atoms with Gasteiger partial charge in [-0.25, -0.2) is 0 Å². The van der Waals surface area contributed by atoms with Crippen molar-refractivity contribution in [1.29, 1.82) is 0 Å². The summed E-state index contributed by atoms with van der Waals surface area (Å²) in [5, 5.41) is 9.97. The number of rotatable bonds is 10. The SMILES string of the molecule is CC(C)Cc1ccc(C(C)Cc2ccc(C(=O)n3cc(CCCC(=O)O)c4ccccc43)cc2)cc1. The third-order valence-electron chi connectivity index (χ3n) is 6.79. The lowest BCUT2D eigenvalue weighted by Gasteiger charge is -2.14. The first kappa shape index (κ1) is 25.4. The minimum Gasteiger partial charge on any atom is -0.481 e. The fourth-order valence-corrected chi connectivity index (χ4v) is 4.90. The predicted molar refractivity (Wildman–Crippen MR) is 146 cm³/mol. The zero-order chi connectivity index (χ0) is 25.7. The minimum atomic E-state index is -0.799. The topological polar surface area (TPSA) is 59.3 Å². The van der Waals surface area contributed by atoms with E-state index in [9.17, 15) is 9.59 Å². The zero-order valence-corrected chi connectivity index (χ0v) is 21.4. The molecular weight excluding hydrogens is 446 g/mol.